The van der Waals surface area contributed by atoms with Crippen LogP contribution in [-0.2, 0) is 93.5 Å². The minimum Gasteiger partial charge on any atom is -0.493 e. The van der Waals surface area contributed by atoms with E-state index in [9.17, 15) is 52.8 Å². The highest BCUT2D eigenvalue weighted by Gasteiger charge is 2.32. The second kappa shape index (κ2) is 49.9. The summed E-state index contributed by atoms with van der Waals surface area (Å²) in [7, 11) is -9.55. The van der Waals surface area contributed by atoms with Gasteiger partial charge in [0, 0.05) is 126 Å². The van der Waals surface area contributed by atoms with Crippen molar-refractivity contribution in [3.63, 3.8) is 0 Å². The summed E-state index contributed by atoms with van der Waals surface area (Å²) in [6.45, 7) is -16.5. The molecule has 8 N–H and O–H groups in total. The molecule has 40 nitrogen and oxygen atoms in total. The number of aryl methyl sites for hydroxylation is 8. The van der Waals surface area contributed by atoms with Gasteiger partial charge in [-0.2, -0.15) is 20.4 Å². The van der Waals surface area contributed by atoms with Crippen molar-refractivity contribution in [2.24, 2.45) is 27.9 Å². The van der Waals surface area contributed by atoms with Crippen LogP contribution in [0, 0.1) is 0 Å². The van der Waals surface area contributed by atoms with Gasteiger partial charge >= 0.3 is 0 Å². The number of hydrogen-bond acceptors (Lipinski definition) is 28. The number of sulfonamides is 4. The molecule has 784 valence electrons. The molecule has 0 radical (unpaired) electrons. The van der Waals surface area contributed by atoms with Crippen LogP contribution in [0.2, 0.25) is 0 Å². The van der Waals surface area contributed by atoms with Crippen molar-refractivity contribution in [1.29, 1.82) is 0 Å². The summed E-state index contributed by atoms with van der Waals surface area (Å²) in [4.78, 5) is 87.7. The van der Waals surface area contributed by atoms with Crippen LogP contribution in [0.4, 0.5) is 0 Å². The van der Waals surface area contributed by atoms with E-state index in [-0.39, 0.29) is 189 Å². The van der Waals surface area contributed by atoms with Crippen molar-refractivity contribution in [1.82, 2.24) is 117 Å². The van der Waals surface area contributed by atoms with E-state index in [2.05, 4.69) is 89.0 Å². The topological polar surface area (TPSA) is 489 Å². The predicted octanol–water partition coefficient (Wildman–Crippen LogP) is 11.3. The monoisotopic (exact) mass is 2100 g/mol. The van der Waals surface area contributed by atoms with Crippen LogP contribution in [0.5, 0.6) is 23.0 Å². The summed E-state index contributed by atoms with van der Waals surface area (Å²) < 4.78 is 418. The van der Waals surface area contributed by atoms with Crippen LogP contribution in [-0.4, -0.2) is 263 Å². The molecule has 144 heavy (non-hydrogen) atoms. The first-order valence-electron chi connectivity index (χ1n) is 64.6. The predicted molar refractivity (Wildman–Crippen MR) is 559 cm³/mol. The third kappa shape index (κ3) is 26.5. The summed E-state index contributed by atoms with van der Waals surface area (Å²) in [6.07, 6.45) is -1.72. The van der Waals surface area contributed by atoms with Crippen molar-refractivity contribution >= 4 is 84.2 Å². The SMILES string of the molecule is [2H]C(CC1CCCN1C)NS(=O)(=O)c1ccc(OCCC)c(-c2nc3c(C([2H])([2H])CC([2H])([2H])[2H])nn(C([2H])([2H])[2H])c3c(=O)[nH]2)c1.[2H]C([2H])([2H])CC([2H])([2H])c1nn(C([2H])([2H])[2H])c2c(=O)[nH]c(-c3cc(S(=O)(=O)NC([2H])([2H])CC4CCCN4C)ccc3OCCC)nc12.[2H]C([2H])([2H])CC([2H])([2H])c1nn(C([2H])([2H])[2H])c2c(=O)[nH]c(-c3cc(S(=O)(=O)NCCC4CCCN4C)ccc3OCCC)nc12.[2H]C([2H])([2H])CCc1nn(C([2H])([2H])[2H])c2c(=O)[nH]c(-c3cc(S(=O)(=O)NC([2H])([2H])CC4CCCN4C)ccc3OCCC)nc12. The molecule has 0 spiro atoms. The zero-order valence-corrected chi connectivity index (χ0v) is 84.1. The Bertz CT molecular complexity index is 8790. The van der Waals surface area contributed by atoms with Gasteiger partial charge in [0.15, 0.2) is 22.1 Å². The molecule has 4 aliphatic heterocycles. The lowest BCUT2D eigenvalue weighted by Gasteiger charge is -2.19. The molecule has 16 rings (SSSR count). The van der Waals surface area contributed by atoms with Crippen molar-refractivity contribution in [2.75, 3.05) is 107 Å². The van der Waals surface area contributed by atoms with E-state index in [1.54, 1.807) is 0 Å². The number of ether oxygens (including phenoxy) is 4. The molecular formula is C100H144N24O16S4. The maximum absolute atomic E-state index is 13.4. The lowest BCUT2D eigenvalue weighted by molar-refractivity contribution is 0.297. The van der Waals surface area contributed by atoms with E-state index >= 15 is 0 Å². The van der Waals surface area contributed by atoms with Gasteiger partial charge in [0.2, 0.25) is 40.1 Å². The highest BCUT2D eigenvalue weighted by Crippen LogP contribution is 2.38. The largest absolute Gasteiger partial charge is 0.493 e. The smallest absolute Gasteiger partial charge is 0.277 e. The third-order valence-corrected chi connectivity index (χ3v) is 29.8. The maximum atomic E-state index is 13.4. The third-order valence-electron chi connectivity index (χ3n) is 24.4. The molecule has 12 heterocycles. The van der Waals surface area contributed by atoms with Crippen LogP contribution in [0.25, 0.3) is 89.7 Å². The van der Waals surface area contributed by atoms with Gasteiger partial charge in [-0.05, 0) is 255 Å². The highest BCUT2D eigenvalue weighted by molar-refractivity contribution is 7.90. The minimum atomic E-state index is -4.50. The van der Waals surface area contributed by atoms with Gasteiger partial charge in [0.05, 0.1) is 91.0 Å². The van der Waals surface area contributed by atoms with Crippen LogP contribution in [0.1, 0.15) is 254 Å². The number of benzene rings is 4. The van der Waals surface area contributed by atoms with Crippen LogP contribution in [0.3, 0.4) is 0 Å². The average molecular weight is 2100 g/mol. The number of H-pyrrole nitrogens is 4. The Hall–Kier alpha value is -11.0. The fourth-order valence-corrected chi connectivity index (χ4v) is 20.8. The fourth-order valence-electron chi connectivity index (χ4n) is 16.9. The summed E-state index contributed by atoms with van der Waals surface area (Å²) in [6, 6.07) is 15.3. The van der Waals surface area contributed by atoms with Crippen molar-refractivity contribution in [3.05, 3.63) is 137 Å². The number of likely N-dealkylation sites (tertiary alicyclic amines) is 4. The molecule has 4 fully saturated rings. The molecule has 44 heteroatoms. The van der Waals surface area contributed by atoms with Crippen molar-refractivity contribution in [3.8, 4) is 68.5 Å². The molecule has 5 unspecified atom stereocenters. The van der Waals surface area contributed by atoms with Gasteiger partial charge in [0.1, 0.15) is 68.4 Å². The maximum Gasteiger partial charge on any atom is 0.277 e. The molecular weight excluding hydrogens is 1920 g/mol. The molecule has 12 aromatic rings. The Labute approximate surface area is 892 Å². The number of rotatable bonds is 44. The first kappa shape index (κ1) is 71.5. The summed E-state index contributed by atoms with van der Waals surface area (Å²) >= 11 is 0. The summed E-state index contributed by atoms with van der Waals surface area (Å²) in [5.41, 5.74) is -9.94. The number of aromatic amines is 4. The van der Waals surface area contributed by atoms with Crippen molar-refractivity contribution < 1.29 is 101 Å². The van der Waals surface area contributed by atoms with Gasteiger partial charge in [-0.3, -0.25) is 37.9 Å². The van der Waals surface area contributed by atoms with Crippen LogP contribution >= 0.6 is 0 Å². The lowest BCUT2D eigenvalue weighted by Crippen LogP contribution is -2.31. The van der Waals surface area contributed by atoms with Crippen molar-refractivity contribution in [2.45, 2.75) is 253 Å². The lowest BCUT2D eigenvalue weighted by atomic mass is 10.1. The molecule has 0 amide bonds. The first-order valence-corrected chi connectivity index (χ1v) is 52.9. The number of nitrogens with zero attached hydrogens (tertiary/aromatic N) is 16. The van der Waals surface area contributed by atoms with Crippen LogP contribution < -0.4 is 60.1 Å². The van der Waals surface area contributed by atoms with Gasteiger partial charge in [-0.15, -0.1) is 0 Å². The zero-order valence-electron chi connectivity index (χ0n) is 116. The number of hydrogen-bond donors (Lipinski definition) is 8. The van der Waals surface area contributed by atoms with Gasteiger partial charge in [0.25, 0.3) is 22.2 Å². The number of aromatic nitrogens is 16. The average Bonchev–Trinajstić information content (AvgIpc) is 1.58. The quantitative estimate of drug-likeness (QED) is 0.0176. The molecule has 4 aromatic carbocycles. The van der Waals surface area contributed by atoms with Crippen LogP contribution in [0.15, 0.2) is 112 Å². The molecule has 4 aliphatic rings. The Kier molecular flexibility index (Phi) is 24.8. The molecule has 0 bridgehead atoms. The molecule has 8 aromatic heterocycles. The molecule has 4 saturated heterocycles. The number of fused-ring (bicyclic) bond motifs is 4. The Morgan fingerprint density at radius 3 is 0.924 bits per heavy atom. The van der Waals surface area contributed by atoms with E-state index in [0.29, 0.717) is 50.8 Å². The molecule has 0 aliphatic carbocycles. The zero-order chi connectivity index (χ0) is 133. The van der Waals surface area contributed by atoms with E-state index in [1.165, 1.54) is 66.7 Å². The fraction of sp³-hybridized carbons (Fsp3) is 0.560. The highest BCUT2D eigenvalue weighted by atomic mass is 32.2. The normalized spacial score (nSPS) is 21.7. The Morgan fingerprint density at radius 1 is 0.361 bits per heavy atom. The Balaban J connectivity index is 0.000000194. The van der Waals surface area contributed by atoms with E-state index in [1.807, 2.05) is 65.7 Å². The van der Waals surface area contributed by atoms with E-state index in [4.69, 9.17) is 66.9 Å². The molecule has 5 atom stereocenters. The second-order valence-corrected chi connectivity index (χ2v) is 41.3. The molecule has 0 saturated carbocycles. The minimum absolute atomic E-state index is 0.0219. The summed E-state index contributed by atoms with van der Waals surface area (Å²) in [5.74, 6) is -0.533. The van der Waals surface area contributed by atoms with Gasteiger partial charge in [-0.1, -0.05) is 80.8 Å². The second-order valence-electron chi connectivity index (χ2n) is 34.5. The van der Waals surface area contributed by atoms with E-state index < -0.39 is 231 Å². The summed E-state index contributed by atoms with van der Waals surface area (Å²) in [5, 5.41) is 15.4. The first-order chi connectivity index (χ1) is 82.4. The van der Waals surface area contributed by atoms with E-state index in [0.717, 1.165) is 83.6 Å². The van der Waals surface area contributed by atoms with Gasteiger partial charge in [-0.25, -0.2) is 72.5 Å². The number of nitrogens with one attached hydrogen (secondary N) is 8. The standard InChI is InChI=1S/4C25H36N6O4S/c4*1-5-8-20-22-23(31(4)29-20)25(32)28-24(27-22)19-16-18(10-11-21(19)35-15-6-2)36(33,34)26-13-12-17-9-7-14-30(17)3/h4*10-11,16-17,26H,5-9,12-15H2,1-4H3,(H,27,28,32)/i1D3,4D3,8D2,13D2;1D3,4D3,8D2,13D;1D3,4D3,13D2;1D3,4D3,8D2. The Morgan fingerprint density at radius 2 is 0.639 bits per heavy atom. The van der Waals surface area contributed by atoms with Gasteiger partial charge < -0.3 is 58.5 Å².